The van der Waals surface area contributed by atoms with Gasteiger partial charge in [0.2, 0.25) is 0 Å². The summed E-state index contributed by atoms with van der Waals surface area (Å²) in [7, 11) is 2.05. The van der Waals surface area contributed by atoms with Gasteiger partial charge in [0.25, 0.3) is 0 Å². The molecule has 2 heterocycles. The first-order valence-electron chi connectivity index (χ1n) is 7.25. The highest BCUT2D eigenvalue weighted by molar-refractivity contribution is 6.18. The molecule has 1 fully saturated rings. The van der Waals surface area contributed by atoms with Crippen molar-refractivity contribution in [2.24, 2.45) is 7.05 Å². The van der Waals surface area contributed by atoms with Gasteiger partial charge in [0, 0.05) is 39.1 Å². The van der Waals surface area contributed by atoms with Crippen LogP contribution < -0.4 is 0 Å². The molecule has 108 valence electrons. The molecule has 2 rings (SSSR count). The van der Waals surface area contributed by atoms with Crippen molar-refractivity contribution in [3.05, 3.63) is 17.5 Å². The molecule has 0 unspecified atom stereocenters. The zero-order valence-corrected chi connectivity index (χ0v) is 12.9. The van der Waals surface area contributed by atoms with Crippen molar-refractivity contribution in [2.45, 2.75) is 26.3 Å². The fourth-order valence-corrected chi connectivity index (χ4v) is 2.89. The average molecular weight is 285 g/mol. The molecule has 1 aliphatic rings. The van der Waals surface area contributed by atoms with Crippen molar-refractivity contribution in [2.75, 3.05) is 38.6 Å². The summed E-state index contributed by atoms with van der Waals surface area (Å²) in [6.07, 6.45) is 2.24. The summed E-state index contributed by atoms with van der Waals surface area (Å²) in [6, 6.07) is 2.24. The van der Waals surface area contributed by atoms with Gasteiger partial charge in [-0.2, -0.15) is 5.10 Å². The molecule has 1 aromatic rings. The molecule has 0 amide bonds. The van der Waals surface area contributed by atoms with Gasteiger partial charge in [0.15, 0.2) is 0 Å². The van der Waals surface area contributed by atoms with Crippen molar-refractivity contribution < 1.29 is 0 Å². The third kappa shape index (κ3) is 4.20. The number of aryl methyl sites for hydroxylation is 2. The maximum atomic E-state index is 5.83. The molecule has 1 aliphatic heterocycles. The van der Waals surface area contributed by atoms with Crippen molar-refractivity contribution in [1.82, 2.24) is 19.6 Å². The summed E-state index contributed by atoms with van der Waals surface area (Å²) in [6.45, 7) is 8.79. The van der Waals surface area contributed by atoms with Gasteiger partial charge in [-0.05, 0) is 32.0 Å². The monoisotopic (exact) mass is 284 g/mol. The summed E-state index contributed by atoms with van der Waals surface area (Å²) < 4.78 is 2.03. The molecule has 0 saturated carbocycles. The van der Waals surface area contributed by atoms with E-state index in [0.29, 0.717) is 0 Å². The Labute approximate surface area is 121 Å². The molecule has 0 N–H and O–H groups in total. The van der Waals surface area contributed by atoms with Gasteiger partial charge in [-0.3, -0.25) is 9.58 Å². The van der Waals surface area contributed by atoms with E-state index in [2.05, 4.69) is 27.9 Å². The Morgan fingerprint density at radius 1 is 1.21 bits per heavy atom. The second-order valence-electron chi connectivity index (χ2n) is 5.26. The predicted molar refractivity (Wildman–Crippen MR) is 79.6 cm³/mol. The summed E-state index contributed by atoms with van der Waals surface area (Å²) in [5, 5.41) is 4.52. The Morgan fingerprint density at radius 2 is 1.95 bits per heavy atom. The second kappa shape index (κ2) is 7.27. The SMILES string of the molecule is CCc1cc(CN2CCCN(CCCl)CC2)n(C)n1. The van der Waals surface area contributed by atoms with Gasteiger partial charge in [-0.25, -0.2) is 0 Å². The first-order valence-corrected chi connectivity index (χ1v) is 7.79. The molecule has 0 aliphatic carbocycles. The number of aromatic nitrogens is 2. The van der Waals surface area contributed by atoms with Crippen molar-refractivity contribution in [3.63, 3.8) is 0 Å². The Kier molecular flexibility index (Phi) is 5.67. The van der Waals surface area contributed by atoms with Crippen LogP contribution in [0.15, 0.2) is 6.07 Å². The molecule has 4 nitrogen and oxygen atoms in total. The van der Waals surface area contributed by atoms with Crippen molar-refractivity contribution in [1.29, 1.82) is 0 Å². The molecule has 0 aromatic carbocycles. The fourth-order valence-electron chi connectivity index (χ4n) is 2.65. The van der Waals surface area contributed by atoms with Crippen LogP contribution >= 0.6 is 11.6 Å². The molecular formula is C14H25ClN4. The first-order chi connectivity index (χ1) is 9.22. The standard InChI is InChI=1S/C14H25ClN4/c1-3-13-11-14(17(2)16-13)12-19-7-4-6-18(8-5-15)9-10-19/h11H,3-10,12H2,1-2H3. The number of hydrogen-bond acceptors (Lipinski definition) is 3. The third-order valence-electron chi connectivity index (χ3n) is 3.86. The van der Waals surface area contributed by atoms with Crippen molar-refractivity contribution in [3.8, 4) is 0 Å². The van der Waals surface area contributed by atoms with Gasteiger partial charge in [-0.15, -0.1) is 11.6 Å². The Hall–Kier alpha value is -0.580. The van der Waals surface area contributed by atoms with Gasteiger partial charge in [0.05, 0.1) is 11.4 Å². The topological polar surface area (TPSA) is 24.3 Å². The Bertz CT molecular complexity index is 391. The summed E-state index contributed by atoms with van der Waals surface area (Å²) in [5.74, 6) is 0.738. The average Bonchev–Trinajstić information content (AvgIpc) is 2.60. The minimum Gasteiger partial charge on any atom is -0.301 e. The lowest BCUT2D eigenvalue weighted by Gasteiger charge is -2.21. The maximum absolute atomic E-state index is 5.83. The highest BCUT2D eigenvalue weighted by Gasteiger charge is 2.16. The number of alkyl halides is 1. The molecule has 0 radical (unpaired) electrons. The van der Waals surface area contributed by atoms with Crippen LogP contribution in [0.2, 0.25) is 0 Å². The highest BCUT2D eigenvalue weighted by atomic mass is 35.5. The summed E-state index contributed by atoms with van der Waals surface area (Å²) >= 11 is 5.83. The summed E-state index contributed by atoms with van der Waals surface area (Å²) in [5.41, 5.74) is 2.51. The largest absolute Gasteiger partial charge is 0.301 e. The lowest BCUT2D eigenvalue weighted by atomic mass is 10.3. The van der Waals surface area contributed by atoms with E-state index in [0.717, 1.165) is 38.5 Å². The van der Waals surface area contributed by atoms with Crippen molar-refractivity contribution >= 4 is 11.6 Å². The minimum absolute atomic E-state index is 0.738. The number of halogens is 1. The smallest absolute Gasteiger partial charge is 0.0625 e. The summed E-state index contributed by atoms with van der Waals surface area (Å²) in [4.78, 5) is 5.00. The molecule has 0 bridgehead atoms. The van der Waals surface area contributed by atoms with Gasteiger partial charge in [0.1, 0.15) is 0 Å². The third-order valence-corrected chi connectivity index (χ3v) is 4.03. The van der Waals surface area contributed by atoms with Gasteiger partial charge < -0.3 is 4.90 Å². The van der Waals surface area contributed by atoms with Crippen LogP contribution in [0.4, 0.5) is 0 Å². The lowest BCUT2D eigenvalue weighted by molar-refractivity contribution is 0.253. The normalized spacial score (nSPS) is 18.7. The predicted octanol–water partition coefficient (Wildman–Crippen LogP) is 1.73. The number of hydrogen-bond donors (Lipinski definition) is 0. The number of rotatable bonds is 5. The Morgan fingerprint density at radius 3 is 2.63 bits per heavy atom. The van der Waals surface area contributed by atoms with E-state index >= 15 is 0 Å². The van der Waals surface area contributed by atoms with Crippen LogP contribution in [0.5, 0.6) is 0 Å². The Balaban J connectivity index is 1.90. The molecule has 0 spiro atoms. The molecular weight excluding hydrogens is 260 g/mol. The lowest BCUT2D eigenvalue weighted by Crippen LogP contribution is -2.32. The maximum Gasteiger partial charge on any atom is 0.0625 e. The van der Waals surface area contributed by atoms with Crippen LogP contribution in [0.3, 0.4) is 0 Å². The number of nitrogens with zero attached hydrogens (tertiary/aromatic N) is 4. The second-order valence-corrected chi connectivity index (χ2v) is 5.64. The van der Waals surface area contributed by atoms with E-state index in [1.165, 1.54) is 30.9 Å². The van der Waals surface area contributed by atoms with Gasteiger partial charge in [-0.1, -0.05) is 6.92 Å². The molecule has 5 heteroatoms. The molecule has 19 heavy (non-hydrogen) atoms. The van der Waals surface area contributed by atoms with Crippen LogP contribution in [-0.4, -0.2) is 58.2 Å². The molecule has 1 aromatic heterocycles. The molecule has 1 saturated heterocycles. The fraction of sp³-hybridized carbons (Fsp3) is 0.786. The van der Waals surface area contributed by atoms with E-state index in [1.54, 1.807) is 0 Å². The van der Waals surface area contributed by atoms with E-state index in [4.69, 9.17) is 11.6 Å². The van der Waals surface area contributed by atoms with Crippen LogP contribution in [0, 0.1) is 0 Å². The van der Waals surface area contributed by atoms with Crippen LogP contribution in [0.1, 0.15) is 24.7 Å². The highest BCUT2D eigenvalue weighted by Crippen LogP contribution is 2.10. The first kappa shape index (κ1) is 14.8. The zero-order valence-electron chi connectivity index (χ0n) is 12.1. The van der Waals surface area contributed by atoms with E-state index in [9.17, 15) is 0 Å². The van der Waals surface area contributed by atoms with E-state index < -0.39 is 0 Å². The van der Waals surface area contributed by atoms with Gasteiger partial charge >= 0.3 is 0 Å². The quantitative estimate of drug-likeness (QED) is 0.770. The minimum atomic E-state index is 0.738. The molecule has 0 atom stereocenters. The van der Waals surface area contributed by atoms with E-state index in [-0.39, 0.29) is 0 Å². The zero-order chi connectivity index (χ0) is 13.7. The van der Waals surface area contributed by atoms with Crippen LogP contribution in [-0.2, 0) is 20.0 Å². The van der Waals surface area contributed by atoms with Crippen LogP contribution in [0.25, 0.3) is 0 Å². The van der Waals surface area contributed by atoms with E-state index in [1.807, 2.05) is 11.7 Å².